The highest BCUT2D eigenvalue weighted by molar-refractivity contribution is 6.31. The average Bonchev–Trinajstić information content (AvgIpc) is 2.77. The van der Waals surface area contributed by atoms with Crippen LogP contribution in [-0.4, -0.2) is 0 Å². The van der Waals surface area contributed by atoms with Gasteiger partial charge >= 0.3 is 0 Å². The Morgan fingerprint density at radius 1 is 1.24 bits per heavy atom. The SMILES string of the molecule is Cc1cc(Cl)c(C(C)C)cc1OCc1cc(CN)c(C)o1. The Hall–Kier alpha value is -1.45. The van der Waals surface area contributed by atoms with Crippen molar-refractivity contribution in [2.75, 3.05) is 0 Å². The molecule has 4 heteroatoms. The van der Waals surface area contributed by atoms with E-state index >= 15 is 0 Å². The maximum atomic E-state index is 6.27. The van der Waals surface area contributed by atoms with Gasteiger partial charge in [0.15, 0.2) is 0 Å². The van der Waals surface area contributed by atoms with E-state index in [1.165, 1.54) is 0 Å². The number of furan rings is 1. The molecule has 2 aromatic rings. The topological polar surface area (TPSA) is 48.4 Å². The zero-order chi connectivity index (χ0) is 15.6. The van der Waals surface area contributed by atoms with Gasteiger partial charge in [-0.1, -0.05) is 25.4 Å². The predicted octanol–water partition coefficient (Wildman–Crippen LogP) is 4.71. The second-order valence-corrected chi connectivity index (χ2v) is 5.99. The van der Waals surface area contributed by atoms with Crippen molar-refractivity contribution in [3.05, 3.63) is 51.4 Å². The van der Waals surface area contributed by atoms with Crippen molar-refractivity contribution in [1.29, 1.82) is 0 Å². The van der Waals surface area contributed by atoms with E-state index in [0.717, 1.165) is 39.0 Å². The molecule has 0 bridgehead atoms. The highest BCUT2D eigenvalue weighted by atomic mass is 35.5. The first-order chi connectivity index (χ1) is 9.92. The normalized spacial score (nSPS) is 11.2. The second-order valence-electron chi connectivity index (χ2n) is 5.58. The summed E-state index contributed by atoms with van der Waals surface area (Å²) < 4.78 is 11.5. The second kappa shape index (κ2) is 6.54. The van der Waals surface area contributed by atoms with Gasteiger partial charge in [0.2, 0.25) is 0 Å². The van der Waals surface area contributed by atoms with E-state index in [0.29, 0.717) is 19.1 Å². The Kier molecular flexibility index (Phi) is 4.96. The molecule has 0 radical (unpaired) electrons. The van der Waals surface area contributed by atoms with Crippen LogP contribution in [0.1, 0.15) is 48.0 Å². The van der Waals surface area contributed by atoms with Gasteiger partial charge in [-0.3, -0.25) is 0 Å². The van der Waals surface area contributed by atoms with E-state index in [4.69, 9.17) is 26.5 Å². The summed E-state index contributed by atoms with van der Waals surface area (Å²) in [5.74, 6) is 2.83. The largest absolute Gasteiger partial charge is 0.485 e. The minimum atomic E-state index is 0.357. The summed E-state index contributed by atoms with van der Waals surface area (Å²) in [6.07, 6.45) is 0. The van der Waals surface area contributed by atoms with Crippen molar-refractivity contribution in [3.8, 4) is 5.75 Å². The minimum Gasteiger partial charge on any atom is -0.485 e. The molecule has 0 atom stereocenters. The van der Waals surface area contributed by atoms with E-state index < -0.39 is 0 Å². The quantitative estimate of drug-likeness (QED) is 0.870. The third-order valence-electron chi connectivity index (χ3n) is 3.58. The molecule has 0 aliphatic rings. The Labute approximate surface area is 131 Å². The monoisotopic (exact) mass is 307 g/mol. The molecule has 2 rings (SSSR count). The van der Waals surface area contributed by atoms with Crippen molar-refractivity contribution in [2.24, 2.45) is 5.73 Å². The summed E-state index contributed by atoms with van der Waals surface area (Å²) in [6, 6.07) is 5.91. The summed E-state index contributed by atoms with van der Waals surface area (Å²) in [7, 11) is 0. The Morgan fingerprint density at radius 3 is 2.52 bits per heavy atom. The molecule has 1 aromatic heterocycles. The van der Waals surface area contributed by atoms with Gasteiger partial charge in [-0.2, -0.15) is 0 Å². The molecule has 0 saturated heterocycles. The minimum absolute atomic E-state index is 0.357. The fourth-order valence-corrected chi connectivity index (χ4v) is 2.71. The smallest absolute Gasteiger partial charge is 0.146 e. The first kappa shape index (κ1) is 15.9. The average molecular weight is 308 g/mol. The van der Waals surface area contributed by atoms with Gasteiger partial charge in [-0.05, 0) is 49.1 Å². The molecule has 2 N–H and O–H groups in total. The molecule has 0 unspecified atom stereocenters. The van der Waals surface area contributed by atoms with Crippen LogP contribution in [0, 0.1) is 13.8 Å². The van der Waals surface area contributed by atoms with Gasteiger partial charge in [-0.25, -0.2) is 0 Å². The zero-order valence-electron chi connectivity index (χ0n) is 13.0. The highest BCUT2D eigenvalue weighted by Crippen LogP contribution is 2.32. The maximum absolute atomic E-state index is 6.27. The van der Waals surface area contributed by atoms with Gasteiger partial charge in [0.25, 0.3) is 0 Å². The van der Waals surface area contributed by atoms with Gasteiger partial charge in [-0.15, -0.1) is 0 Å². The number of hydrogen-bond acceptors (Lipinski definition) is 3. The molecule has 114 valence electrons. The Balaban J connectivity index is 2.17. The van der Waals surface area contributed by atoms with Crippen LogP contribution < -0.4 is 10.5 Å². The zero-order valence-corrected chi connectivity index (χ0v) is 13.8. The summed E-state index contributed by atoms with van der Waals surface area (Å²) in [5, 5.41) is 0.786. The van der Waals surface area contributed by atoms with Crippen LogP contribution in [0.5, 0.6) is 5.75 Å². The molecular weight excluding hydrogens is 286 g/mol. The van der Waals surface area contributed by atoms with Crippen molar-refractivity contribution < 1.29 is 9.15 Å². The van der Waals surface area contributed by atoms with Crippen LogP contribution in [0.25, 0.3) is 0 Å². The lowest BCUT2D eigenvalue weighted by Crippen LogP contribution is -1.99. The molecular formula is C17H22ClNO2. The first-order valence-electron chi connectivity index (χ1n) is 7.13. The molecule has 0 fully saturated rings. The molecule has 0 spiro atoms. The summed E-state index contributed by atoms with van der Waals surface area (Å²) in [4.78, 5) is 0. The van der Waals surface area contributed by atoms with Crippen LogP contribution >= 0.6 is 11.6 Å². The fourth-order valence-electron chi connectivity index (χ4n) is 2.28. The Morgan fingerprint density at radius 2 is 1.95 bits per heavy atom. The lowest BCUT2D eigenvalue weighted by atomic mass is 10.0. The van der Waals surface area contributed by atoms with Gasteiger partial charge in [0.05, 0.1) is 0 Å². The maximum Gasteiger partial charge on any atom is 0.146 e. The molecule has 0 aliphatic heterocycles. The number of benzene rings is 1. The standard InChI is InChI=1S/C17H22ClNO2/c1-10(2)15-7-17(11(3)5-16(15)18)20-9-14-6-13(8-19)12(4)21-14/h5-7,10H,8-9,19H2,1-4H3. The van der Waals surface area contributed by atoms with Gasteiger partial charge in [0, 0.05) is 17.1 Å². The van der Waals surface area contributed by atoms with E-state index in [1.54, 1.807) is 0 Å². The molecule has 0 amide bonds. The van der Waals surface area contributed by atoms with Crippen LogP contribution in [-0.2, 0) is 13.2 Å². The van der Waals surface area contributed by atoms with Crippen LogP contribution in [0.4, 0.5) is 0 Å². The number of rotatable bonds is 5. The first-order valence-corrected chi connectivity index (χ1v) is 7.51. The summed E-state index contributed by atoms with van der Waals surface area (Å²) in [5.41, 5.74) is 8.78. The molecule has 3 nitrogen and oxygen atoms in total. The van der Waals surface area contributed by atoms with Gasteiger partial charge in [0.1, 0.15) is 23.9 Å². The fraction of sp³-hybridized carbons (Fsp3) is 0.412. The molecule has 0 aliphatic carbocycles. The van der Waals surface area contributed by atoms with Crippen LogP contribution in [0.3, 0.4) is 0 Å². The van der Waals surface area contributed by atoms with Crippen LogP contribution in [0.2, 0.25) is 5.02 Å². The number of ether oxygens (including phenoxy) is 1. The number of hydrogen-bond donors (Lipinski definition) is 1. The number of aryl methyl sites for hydroxylation is 2. The molecule has 1 heterocycles. The lowest BCUT2D eigenvalue weighted by Gasteiger charge is -2.14. The van der Waals surface area contributed by atoms with Crippen molar-refractivity contribution in [3.63, 3.8) is 0 Å². The molecule has 21 heavy (non-hydrogen) atoms. The van der Waals surface area contributed by atoms with Crippen molar-refractivity contribution in [2.45, 2.75) is 46.8 Å². The number of nitrogens with two attached hydrogens (primary N) is 1. The summed E-state index contributed by atoms with van der Waals surface area (Å²) >= 11 is 6.27. The molecule has 0 saturated carbocycles. The van der Waals surface area contributed by atoms with E-state index in [-0.39, 0.29) is 0 Å². The van der Waals surface area contributed by atoms with Gasteiger partial charge < -0.3 is 14.9 Å². The third kappa shape index (κ3) is 3.60. The van der Waals surface area contributed by atoms with Crippen molar-refractivity contribution in [1.82, 2.24) is 0 Å². The van der Waals surface area contributed by atoms with E-state index in [1.807, 2.05) is 32.0 Å². The predicted molar refractivity (Wildman–Crippen MR) is 85.9 cm³/mol. The third-order valence-corrected chi connectivity index (χ3v) is 3.91. The molecule has 1 aromatic carbocycles. The van der Waals surface area contributed by atoms with Crippen LogP contribution in [0.15, 0.2) is 22.6 Å². The highest BCUT2D eigenvalue weighted by Gasteiger charge is 2.12. The lowest BCUT2D eigenvalue weighted by molar-refractivity contribution is 0.265. The number of halogens is 1. The van der Waals surface area contributed by atoms with E-state index in [2.05, 4.69) is 13.8 Å². The van der Waals surface area contributed by atoms with E-state index in [9.17, 15) is 0 Å². The van der Waals surface area contributed by atoms with Crippen molar-refractivity contribution >= 4 is 11.6 Å². The Bertz CT molecular complexity index is 632. The summed E-state index contributed by atoms with van der Waals surface area (Å²) in [6.45, 7) is 9.00.